The van der Waals surface area contributed by atoms with Gasteiger partial charge in [0.25, 0.3) is 0 Å². The van der Waals surface area contributed by atoms with Crippen molar-refractivity contribution in [3.05, 3.63) is 51.8 Å². The second kappa shape index (κ2) is 5.32. The van der Waals surface area contributed by atoms with Gasteiger partial charge < -0.3 is 11.5 Å². The van der Waals surface area contributed by atoms with Crippen molar-refractivity contribution in [2.45, 2.75) is 5.92 Å². The third-order valence-electron chi connectivity index (χ3n) is 2.94. The molecule has 0 spiro atoms. The molecule has 0 radical (unpaired) electrons. The number of hydrogen-bond donors (Lipinski definition) is 4. The summed E-state index contributed by atoms with van der Waals surface area (Å²) in [4.78, 5) is 15.4. The number of thiol groups is 1. The number of nitrogens with zero attached hydrogens (tertiary/aromatic N) is 1. The Morgan fingerprint density at radius 3 is 2.65 bits per heavy atom. The predicted octanol–water partition coefficient (Wildman–Crippen LogP) is 1.08. The number of nitrogens with two attached hydrogens (primary N) is 2. The van der Waals surface area contributed by atoms with Crippen molar-refractivity contribution in [3.8, 4) is 0 Å². The van der Waals surface area contributed by atoms with Crippen molar-refractivity contribution in [1.29, 1.82) is 5.41 Å². The molecule has 1 aromatic rings. The number of amidine groups is 1. The van der Waals surface area contributed by atoms with Gasteiger partial charge in [-0.05, 0) is 11.9 Å². The second-order valence-electron chi connectivity index (χ2n) is 4.09. The smallest absolute Gasteiger partial charge is 0.248 e. The molecule has 0 saturated heterocycles. The third-order valence-corrected chi connectivity index (χ3v) is 3.28. The van der Waals surface area contributed by atoms with E-state index < -0.39 is 17.6 Å². The van der Waals surface area contributed by atoms with Crippen molar-refractivity contribution in [3.63, 3.8) is 0 Å². The fourth-order valence-electron chi connectivity index (χ4n) is 2.06. The predicted molar refractivity (Wildman–Crippen MR) is 77.2 cm³/mol. The van der Waals surface area contributed by atoms with Gasteiger partial charge in [0.1, 0.15) is 16.7 Å². The van der Waals surface area contributed by atoms with E-state index in [2.05, 4.69) is 23.5 Å². The fraction of sp³-hybridized carbons (Fsp3) is 0.0769. The summed E-state index contributed by atoms with van der Waals surface area (Å²) in [6, 6.07) is 5.86. The van der Waals surface area contributed by atoms with Crippen LogP contribution >= 0.6 is 12.6 Å². The van der Waals surface area contributed by atoms with Crippen LogP contribution in [0, 0.1) is 11.2 Å². The monoisotopic (exact) mass is 290 g/mol. The van der Waals surface area contributed by atoms with Gasteiger partial charge in [0.2, 0.25) is 5.91 Å². The first-order valence-corrected chi connectivity index (χ1v) is 6.03. The number of primary amides is 1. The van der Waals surface area contributed by atoms with Crippen molar-refractivity contribution in [2.75, 3.05) is 0 Å². The highest BCUT2D eigenvalue weighted by Gasteiger charge is 2.34. The number of halogens is 1. The van der Waals surface area contributed by atoms with Gasteiger partial charge >= 0.3 is 0 Å². The molecule has 1 amide bonds. The summed E-state index contributed by atoms with van der Waals surface area (Å²) in [5.41, 5.74) is 11.3. The molecule has 1 unspecified atom stereocenters. The highest BCUT2D eigenvalue weighted by atomic mass is 32.1. The third kappa shape index (κ3) is 2.24. The van der Waals surface area contributed by atoms with Crippen LogP contribution in [0.15, 0.2) is 45.4 Å². The van der Waals surface area contributed by atoms with E-state index in [9.17, 15) is 9.18 Å². The van der Waals surface area contributed by atoms with Crippen LogP contribution in [0.2, 0.25) is 0 Å². The molecule has 1 aliphatic rings. The molecule has 1 atom stereocenters. The molecule has 2 rings (SSSR count). The molecular weight excluding hydrogens is 279 g/mol. The van der Waals surface area contributed by atoms with Crippen LogP contribution in [-0.2, 0) is 4.79 Å². The number of benzene rings is 1. The van der Waals surface area contributed by atoms with Crippen LogP contribution in [0.5, 0.6) is 0 Å². The summed E-state index contributed by atoms with van der Waals surface area (Å²) in [7, 11) is 0. The largest absolute Gasteiger partial charge is 0.383 e. The first-order chi connectivity index (χ1) is 9.47. The molecule has 0 aliphatic carbocycles. The Morgan fingerprint density at radius 2 is 2.10 bits per heavy atom. The molecule has 7 heteroatoms. The zero-order valence-electron chi connectivity index (χ0n) is 10.2. The number of aliphatic imine (C=N–C) groups is 1. The second-order valence-corrected chi connectivity index (χ2v) is 4.52. The van der Waals surface area contributed by atoms with Crippen molar-refractivity contribution >= 4 is 30.2 Å². The molecule has 5 nitrogen and oxygen atoms in total. The van der Waals surface area contributed by atoms with E-state index in [0.29, 0.717) is 0 Å². The van der Waals surface area contributed by atoms with E-state index in [1.807, 2.05) is 0 Å². The molecule has 102 valence electrons. The van der Waals surface area contributed by atoms with E-state index in [1.165, 1.54) is 18.2 Å². The SMILES string of the molecule is N=C=C1C(N)=NC(S)=C(C(N)=O)C1c1ccccc1F. The maximum atomic E-state index is 14.0. The van der Waals surface area contributed by atoms with E-state index in [4.69, 9.17) is 16.9 Å². The molecule has 0 saturated carbocycles. The Bertz CT molecular complexity index is 704. The number of hydrogen-bond acceptors (Lipinski definition) is 5. The fourth-order valence-corrected chi connectivity index (χ4v) is 2.41. The van der Waals surface area contributed by atoms with Crippen LogP contribution in [0.3, 0.4) is 0 Å². The van der Waals surface area contributed by atoms with Crippen LogP contribution in [0.25, 0.3) is 0 Å². The number of carbonyl (C=O) groups excluding carboxylic acids is 1. The van der Waals surface area contributed by atoms with Crippen LogP contribution < -0.4 is 11.5 Å². The zero-order valence-corrected chi connectivity index (χ0v) is 11.1. The molecular formula is C13H11FN4OS. The topological polar surface area (TPSA) is 105 Å². The zero-order chi connectivity index (χ0) is 14.9. The van der Waals surface area contributed by atoms with Gasteiger partial charge in [-0.2, -0.15) is 0 Å². The summed E-state index contributed by atoms with van der Waals surface area (Å²) in [6.07, 6.45) is 0. The standard InChI is InChI=1S/C13H11FN4OS/c14-8-4-2-1-3-6(8)9-7(5-15)11(16)18-13(20)10(9)12(17)19/h1-4,9,15,20H,(H2,16,18)(H2,17,19). The van der Waals surface area contributed by atoms with Gasteiger partial charge in [-0.1, -0.05) is 18.2 Å². The highest BCUT2D eigenvalue weighted by Crippen LogP contribution is 2.38. The number of carbonyl (C=O) groups is 1. The molecule has 1 heterocycles. The summed E-state index contributed by atoms with van der Waals surface area (Å²) < 4.78 is 14.0. The number of amides is 1. The van der Waals surface area contributed by atoms with Crippen LogP contribution in [0.1, 0.15) is 11.5 Å². The lowest BCUT2D eigenvalue weighted by molar-refractivity contribution is -0.114. The highest BCUT2D eigenvalue weighted by molar-refractivity contribution is 7.84. The van der Waals surface area contributed by atoms with Crippen LogP contribution in [0.4, 0.5) is 4.39 Å². The van der Waals surface area contributed by atoms with Crippen molar-refractivity contribution < 1.29 is 9.18 Å². The van der Waals surface area contributed by atoms with E-state index in [0.717, 1.165) is 0 Å². The van der Waals surface area contributed by atoms with Crippen molar-refractivity contribution in [1.82, 2.24) is 0 Å². The van der Waals surface area contributed by atoms with E-state index in [-0.39, 0.29) is 27.6 Å². The molecule has 0 aromatic heterocycles. The molecule has 5 N–H and O–H groups in total. The van der Waals surface area contributed by atoms with Gasteiger partial charge in [0.15, 0.2) is 0 Å². The van der Waals surface area contributed by atoms with E-state index in [1.54, 1.807) is 6.07 Å². The minimum Gasteiger partial charge on any atom is -0.383 e. The van der Waals surface area contributed by atoms with Crippen molar-refractivity contribution in [2.24, 2.45) is 16.5 Å². The van der Waals surface area contributed by atoms with Gasteiger partial charge in [-0.3, -0.25) is 10.2 Å². The summed E-state index contributed by atoms with van der Waals surface area (Å²) >= 11 is 4.06. The Kier molecular flexibility index (Phi) is 3.74. The average molecular weight is 290 g/mol. The lowest BCUT2D eigenvalue weighted by atomic mass is 9.83. The Hall–Kier alpha value is -2.37. The number of rotatable bonds is 2. The lowest BCUT2D eigenvalue weighted by Crippen LogP contribution is -2.31. The molecule has 20 heavy (non-hydrogen) atoms. The van der Waals surface area contributed by atoms with Gasteiger partial charge in [-0.25, -0.2) is 9.38 Å². The number of nitrogens with one attached hydrogen (secondary N) is 1. The Balaban J connectivity index is 2.76. The first-order valence-electron chi connectivity index (χ1n) is 5.58. The maximum absolute atomic E-state index is 14.0. The quantitative estimate of drug-likeness (QED) is 0.483. The summed E-state index contributed by atoms with van der Waals surface area (Å²) in [6.45, 7) is 0. The Morgan fingerprint density at radius 1 is 1.45 bits per heavy atom. The average Bonchev–Trinajstić information content (AvgIpc) is 2.38. The first kappa shape index (κ1) is 14.0. The maximum Gasteiger partial charge on any atom is 0.248 e. The van der Waals surface area contributed by atoms with Gasteiger partial charge in [0, 0.05) is 5.56 Å². The molecule has 1 aliphatic heterocycles. The van der Waals surface area contributed by atoms with E-state index >= 15 is 0 Å². The van der Waals surface area contributed by atoms with Gasteiger partial charge in [-0.15, -0.1) is 12.6 Å². The molecule has 0 fully saturated rings. The van der Waals surface area contributed by atoms with Crippen LogP contribution in [-0.4, -0.2) is 17.6 Å². The minimum atomic E-state index is -0.934. The molecule has 0 bridgehead atoms. The lowest BCUT2D eigenvalue weighted by Gasteiger charge is -2.24. The van der Waals surface area contributed by atoms with Gasteiger partial charge in [0.05, 0.1) is 17.1 Å². The molecule has 1 aromatic carbocycles. The summed E-state index contributed by atoms with van der Waals surface area (Å²) in [5.74, 6) is -0.210. The Labute approximate surface area is 119 Å². The minimum absolute atomic E-state index is 0.0117. The normalized spacial score (nSPS) is 18.6. The summed E-state index contributed by atoms with van der Waals surface area (Å²) in [5, 5.41) is 7.32.